The minimum absolute atomic E-state index is 0.0799. The second-order valence-corrected chi connectivity index (χ2v) is 7.90. The second kappa shape index (κ2) is 10.0. The first-order chi connectivity index (χ1) is 13.6. The molecule has 2 fully saturated rings. The van der Waals surface area contributed by atoms with Crippen LogP contribution in [-0.2, 0) is 4.79 Å². The van der Waals surface area contributed by atoms with Crippen LogP contribution in [0.25, 0.3) is 0 Å². The third kappa shape index (κ3) is 5.79. The molecule has 0 unspecified atom stereocenters. The molecule has 2 N–H and O–H groups in total. The van der Waals surface area contributed by atoms with Gasteiger partial charge in [-0.15, -0.1) is 0 Å². The van der Waals surface area contributed by atoms with Crippen LogP contribution in [0.4, 0.5) is 0 Å². The van der Waals surface area contributed by atoms with Gasteiger partial charge in [0.25, 0.3) is 0 Å². The Hall–Kier alpha value is -1.92. The van der Waals surface area contributed by atoms with Gasteiger partial charge in [-0.3, -0.25) is 9.59 Å². The Morgan fingerprint density at radius 1 is 1.14 bits per heavy atom. The first-order valence-electron chi connectivity index (χ1n) is 10.6. The minimum atomic E-state index is -0.370. The fourth-order valence-corrected chi connectivity index (χ4v) is 3.60. The number of hydrogen-bond donors (Lipinski definition) is 1. The van der Waals surface area contributed by atoms with Gasteiger partial charge < -0.3 is 20.3 Å². The fourth-order valence-electron chi connectivity index (χ4n) is 3.60. The van der Waals surface area contributed by atoms with E-state index in [1.165, 1.54) is 0 Å². The average molecular weight is 388 g/mol. The zero-order valence-corrected chi connectivity index (χ0v) is 16.9. The molecule has 1 amide bonds. The van der Waals surface area contributed by atoms with E-state index < -0.39 is 0 Å². The van der Waals surface area contributed by atoms with Gasteiger partial charge >= 0.3 is 0 Å². The van der Waals surface area contributed by atoms with E-state index in [4.69, 9.17) is 10.5 Å². The van der Waals surface area contributed by atoms with Gasteiger partial charge in [0.05, 0.1) is 12.6 Å². The number of ether oxygens (including phenoxy) is 1. The third-order valence-corrected chi connectivity index (χ3v) is 5.63. The first kappa shape index (κ1) is 20.8. The molecule has 1 aliphatic heterocycles. The molecule has 1 aromatic carbocycles. The van der Waals surface area contributed by atoms with Gasteiger partial charge in [0.15, 0.2) is 5.78 Å². The number of Topliss-reactive ketones (excluding diaryl/α,β-unsaturated/α-hetero) is 1. The maximum absolute atomic E-state index is 12.3. The van der Waals surface area contributed by atoms with Crippen molar-refractivity contribution in [2.75, 3.05) is 39.3 Å². The topological polar surface area (TPSA) is 75.9 Å². The Morgan fingerprint density at radius 2 is 1.89 bits per heavy atom. The van der Waals surface area contributed by atoms with E-state index in [0.717, 1.165) is 69.7 Å². The zero-order valence-electron chi connectivity index (χ0n) is 16.9. The van der Waals surface area contributed by atoms with E-state index in [1.54, 1.807) is 0 Å². The van der Waals surface area contributed by atoms with Gasteiger partial charge in [-0.2, -0.15) is 0 Å². The van der Waals surface area contributed by atoms with Crippen molar-refractivity contribution in [3.8, 4) is 5.75 Å². The van der Waals surface area contributed by atoms with Gasteiger partial charge in [-0.25, -0.2) is 0 Å². The van der Waals surface area contributed by atoms with E-state index in [9.17, 15) is 9.59 Å². The van der Waals surface area contributed by atoms with Gasteiger partial charge in [0.2, 0.25) is 5.91 Å². The van der Waals surface area contributed by atoms with Crippen molar-refractivity contribution in [3.63, 3.8) is 0 Å². The summed E-state index contributed by atoms with van der Waals surface area (Å²) >= 11 is 0. The quantitative estimate of drug-likeness (QED) is 0.520. The van der Waals surface area contributed by atoms with Crippen molar-refractivity contribution in [2.24, 2.45) is 11.7 Å². The fraction of sp³-hybridized carbons (Fsp3) is 0.636. The minimum Gasteiger partial charge on any atom is -0.494 e. The van der Waals surface area contributed by atoms with E-state index in [2.05, 4.69) is 4.90 Å². The maximum atomic E-state index is 12.3. The molecule has 0 aromatic heterocycles. The lowest BCUT2D eigenvalue weighted by Gasteiger charge is -2.24. The number of nitrogens with zero attached hydrogens (tertiary/aromatic N) is 2. The number of rotatable bonds is 9. The summed E-state index contributed by atoms with van der Waals surface area (Å²) in [5.74, 6) is 1.41. The maximum Gasteiger partial charge on any atom is 0.239 e. The highest BCUT2D eigenvalue weighted by molar-refractivity contribution is 5.99. The smallest absolute Gasteiger partial charge is 0.239 e. The molecule has 1 heterocycles. The van der Waals surface area contributed by atoms with Crippen LogP contribution in [0.3, 0.4) is 0 Å². The van der Waals surface area contributed by atoms with Crippen LogP contribution in [-0.4, -0.2) is 66.9 Å². The molecule has 0 spiro atoms. The Morgan fingerprint density at radius 3 is 2.57 bits per heavy atom. The van der Waals surface area contributed by atoms with Crippen LogP contribution < -0.4 is 10.5 Å². The highest BCUT2D eigenvalue weighted by Gasteiger charge is 2.30. The molecule has 1 saturated heterocycles. The monoisotopic (exact) mass is 387 g/mol. The first-order valence-corrected chi connectivity index (χ1v) is 10.6. The summed E-state index contributed by atoms with van der Waals surface area (Å²) in [5, 5.41) is 0. The molecule has 6 heteroatoms. The number of hydrogen-bond acceptors (Lipinski definition) is 5. The molecule has 3 rings (SSSR count). The van der Waals surface area contributed by atoms with E-state index in [-0.39, 0.29) is 23.7 Å². The molecular weight excluding hydrogens is 354 g/mol. The molecule has 6 nitrogen and oxygen atoms in total. The summed E-state index contributed by atoms with van der Waals surface area (Å²) < 4.78 is 5.83. The summed E-state index contributed by atoms with van der Waals surface area (Å²) in [6.07, 6.45) is 4.67. The highest BCUT2D eigenvalue weighted by Crippen LogP contribution is 2.32. The van der Waals surface area contributed by atoms with Gasteiger partial charge in [0, 0.05) is 37.7 Å². The predicted octanol–water partition coefficient (Wildman–Crippen LogP) is 2.32. The predicted molar refractivity (Wildman–Crippen MR) is 110 cm³/mol. The molecule has 28 heavy (non-hydrogen) atoms. The Balaban J connectivity index is 1.35. The molecule has 154 valence electrons. The lowest BCUT2D eigenvalue weighted by molar-refractivity contribution is -0.132. The molecule has 2 aliphatic rings. The molecule has 1 aliphatic carbocycles. The van der Waals surface area contributed by atoms with Crippen molar-refractivity contribution in [3.05, 3.63) is 29.8 Å². The van der Waals surface area contributed by atoms with Crippen LogP contribution >= 0.6 is 0 Å². The van der Waals surface area contributed by atoms with E-state index in [1.807, 2.05) is 36.1 Å². The normalized spacial score (nSPS) is 19.1. The summed E-state index contributed by atoms with van der Waals surface area (Å²) in [4.78, 5) is 28.6. The summed E-state index contributed by atoms with van der Waals surface area (Å²) in [6, 6.07) is 7.16. The largest absolute Gasteiger partial charge is 0.494 e. The number of amides is 1. The van der Waals surface area contributed by atoms with Crippen LogP contribution in [0, 0.1) is 5.92 Å². The number of carbonyl (C=O) groups is 2. The Bertz CT molecular complexity index is 657. The van der Waals surface area contributed by atoms with Crippen molar-refractivity contribution in [1.82, 2.24) is 9.80 Å². The second-order valence-electron chi connectivity index (χ2n) is 7.90. The summed E-state index contributed by atoms with van der Waals surface area (Å²) in [5.41, 5.74) is 6.68. The summed E-state index contributed by atoms with van der Waals surface area (Å²) in [7, 11) is 0. The third-order valence-electron chi connectivity index (χ3n) is 5.63. The standard InChI is InChI=1S/C22H33N3O3/c1-2-20(23)22(27)25-13-3-11-24(14-15-25)12-4-16-28-19-9-7-18(8-10-19)21(26)17-5-6-17/h7-10,17,20H,2-6,11-16,23H2,1H3/t20-/m1/s1. The lowest BCUT2D eigenvalue weighted by Crippen LogP contribution is -2.45. The Labute approximate surface area is 168 Å². The van der Waals surface area contributed by atoms with Crippen LogP contribution in [0.1, 0.15) is 49.4 Å². The van der Waals surface area contributed by atoms with Crippen molar-refractivity contribution in [1.29, 1.82) is 0 Å². The molecule has 1 atom stereocenters. The van der Waals surface area contributed by atoms with Crippen LogP contribution in [0.5, 0.6) is 5.75 Å². The van der Waals surface area contributed by atoms with E-state index >= 15 is 0 Å². The van der Waals surface area contributed by atoms with Crippen LogP contribution in [0.2, 0.25) is 0 Å². The van der Waals surface area contributed by atoms with Crippen molar-refractivity contribution in [2.45, 2.75) is 45.1 Å². The van der Waals surface area contributed by atoms with Crippen LogP contribution in [0.15, 0.2) is 24.3 Å². The highest BCUT2D eigenvalue weighted by atomic mass is 16.5. The average Bonchev–Trinajstić information content (AvgIpc) is 3.57. The number of carbonyl (C=O) groups excluding carboxylic acids is 2. The SMILES string of the molecule is CC[C@@H](N)C(=O)N1CCCN(CCCOc2ccc(C(=O)C3CC3)cc2)CC1. The lowest BCUT2D eigenvalue weighted by atomic mass is 10.1. The van der Waals surface area contributed by atoms with Crippen molar-refractivity contribution < 1.29 is 14.3 Å². The number of nitrogens with two attached hydrogens (primary N) is 1. The number of benzene rings is 1. The Kier molecular flexibility index (Phi) is 7.45. The molecule has 1 aromatic rings. The molecule has 1 saturated carbocycles. The van der Waals surface area contributed by atoms with Gasteiger partial charge in [-0.1, -0.05) is 6.92 Å². The molecule has 0 bridgehead atoms. The molecular formula is C22H33N3O3. The zero-order chi connectivity index (χ0) is 19.9. The molecule has 0 radical (unpaired) electrons. The van der Waals surface area contributed by atoms with Gasteiger partial charge in [-0.05, 0) is 62.9 Å². The van der Waals surface area contributed by atoms with Crippen molar-refractivity contribution >= 4 is 11.7 Å². The number of ketones is 1. The summed E-state index contributed by atoms with van der Waals surface area (Å²) in [6.45, 7) is 7.00. The van der Waals surface area contributed by atoms with E-state index in [0.29, 0.717) is 13.0 Å². The van der Waals surface area contributed by atoms with Gasteiger partial charge in [0.1, 0.15) is 5.75 Å².